The quantitative estimate of drug-likeness (QED) is 0.693. The first kappa shape index (κ1) is 14.9. The van der Waals surface area contributed by atoms with Gasteiger partial charge in [0.2, 0.25) is 5.95 Å². The third-order valence-corrected chi connectivity index (χ3v) is 4.68. The molecule has 0 bridgehead atoms. The first-order valence-corrected chi connectivity index (χ1v) is 8.32. The third-order valence-electron chi connectivity index (χ3n) is 4.68. The zero-order valence-corrected chi connectivity index (χ0v) is 13.4. The zero-order valence-electron chi connectivity index (χ0n) is 13.4. The van der Waals surface area contributed by atoms with Crippen LogP contribution in [0.25, 0.3) is 10.9 Å². The number of hydrogen-bond donors (Lipinski definition) is 3. The van der Waals surface area contributed by atoms with E-state index in [4.69, 9.17) is 5.73 Å². The number of fused-ring (bicyclic) bond motifs is 2. The highest BCUT2D eigenvalue weighted by Gasteiger charge is 2.21. The molecular weight excluding hydrogens is 300 g/mol. The number of aryl methyl sites for hydroxylation is 1. The van der Waals surface area contributed by atoms with Crippen molar-refractivity contribution in [3.8, 4) is 0 Å². The number of anilines is 1. The molecule has 0 saturated carbocycles. The number of nitrogens with zero attached hydrogens (tertiary/aromatic N) is 1. The van der Waals surface area contributed by atoms with Crippen molar-refractivity contribution in [2.45, 2.75) is 31.8 Å². The second-order valence-corrected chi connectivity index (χ2v) is 6.26. The van der Waals surface area contributed by atoms with Crippen molar-refractivity contribution < 1.29 is 0 Å². The molecular formula is C19H20N4O. The van der Waals surface area contributed by atoms with Crippen molar-refractivity contribution in [1.29, 1.82) is 0 Å². The Balaban J connectivity index is 1.68. The molecule has 5 heteroatoms. The Morgan fingerprint density at radius 3 is 3.00 bits per heavy atom. The number of para-hydroxylation sites is 1. The van der Waals surface area contributed by atoms with Crippen molar-refractivity contribution in [2.24, 2.45) is 5.73 Å². The van der Waals surface area contributed by atoms with E-state index in [1.807, 2.05) is 18.2 Å². The summed E-state index contributed by atoms with van der Waals surface area (Å²) in [5.74, 6) is 0.527. The largest absolute Gasteiger partial charge is 0.349 e. The monoisotopic (exact) mass is 320 g/mol. The van der Waals surface area contributed by atoms with E-state index in [1.54, 1.807) is 6.07 Å². The van der Waals surface area contributed by atoms with Gasteiger partial charge in [-0.25, -0.2) is 4.98 Å². The number of nitrogens with two attached hydrogens (primary N) is 1. The summed E-state index contributed by atoms with van der Waals surface area (Å²) in [5.41, 5.74) is 10.1. The van der Waals surface area contributed by atoms with Crippen molar-refractivity contribution in [2.75, 3.05) is 5.32 Å². The predicted octanol–water partition coefficient (Wildman–Crippen LogP) is 2.87. The van der Waals surface area contributed by atoms with Gasteiger partial charge in [0, 0.05) is 6.54 Å². The summed E-state index contributed by atoms with van der Waals surface area (Å²) in [4.78, 5) is 19.6. The average Bonchev–Trinajstić information content (AvgIpc) is 2.61. The molecule has 0 amide bonds. The molecule has 1 atom stereocenters. The lowest BCUT2D eigenvalue weighted by Crippen LogP contribution is -2.21. The Labute approximate surface area is 139 Å². The lowest BCUT2D eigenvalue weighted by molar-refractivity contribution is 0.596. The summed E-state index contributed by atoms with van der Waals surface area (Å²) < 4.78 is 0. The molecule has 122 valence electrons. The van der Waals surface area contributed by atoms with Crippen molar-refractivity contribution in [3.63, 3.8) is 0 Å². The lowest BCUT2D eigenvalue weighted by Gasteiger charge is -2.27. The molecule has 1 aliphatic carbocycles. The molecule has 1 aromatic heterocycles. The number of benzene rings is 2. The summed E-state index contributed by atoms with van der Waals surface area (Å²) in [7, 11) is 0. The Kier molecular flexibility index (Phi) is 3.78. The minimum atomic E-state index is -0.113. The molecule has 1 heterocycles. The summed E-state index contributed by atoms with van der Waals surface area (Å²) in [6.45, 7) is 0.560. The molecule has 0 saturated heterocycles. The molecule has 3 aromatic rings. The Morgan fingerprint density at radius 2 is 2.12 bits per heavy atom. The minimum Gasteiger partial charge on any atom is -0.349 e. The van der Waals surface area contributed by atoms with Crippen LogP contribution in [0.15, 0.2) is 47.3 Å². The van der Waals surface area contributed by atoms with E-state index in [0.717, 1.165) is 24.8 Å². The lowest BCUT2D eigenvalue weighted by atomic mass is 9.86. The van der Waals surface area contributed by atoms with Gasteiger partial charge in [0.1, 0.15) is 0 Å². The molecule has 0 radical (unpaired) electrons. The Hall–Kier alpha value is -2.66. The minimum absolute atomic E-state index is 0.113. The van der Waals surface area contributed by atoms with Crippen LogP contribution >= 0.6 is 0 Å². The van der Waals surface area contributed by atoms with Crippen LogP contribution in [-0.4, -0.2) is 9.97 Å². The Bertz CT molecular complexity index is 947. The molecule has 0 aliphatic heterocycles. The molecule has 24 heavy (non-hydrogen) atoms. The van der Waals surface area contributed by atoms with Gasteiger partial charge >= 0.3 is 0 Å². The van der Waals surface area contributed by atoms with E-state index in [-0.39, 0.29) is 11.6 Å². The topological polar surface area (TPSA) is 83.8 Å². The SMILES string of the molecule is NCc1ccc2c(c1)CCCC2Nc1nc2ccccc2c(=O)[nH]1. The highest BCUT2D eigenvalue weighted by molar-refractivity contribution is 5.78. The summed E-state index contributed by atoms with van der Waals surface area (Å²) in [6.07, 6.45) is 3.20. The molecule has 4 rings (SSSR count). The summed E-state index contributed by atoms with van der Waals surface area (Å²) in [6, 6.07) is 14.0. The number of nitrogens with one attached hydrogen (secondary N) is 2. The van der Waals surface area contributed by atoms with Crippen LogP contribution in [0.1, 0.15) is 35.6 Å². The molecule has 0 fully saturated rings. The van der Waals surface area contributed by atoms with Gasteiger partial charge in [-0.05, 0) is 48.1 Å². The first-order valence-electron chi connectivity index (χ1n) is 8.32. The highest BCUT2D eigenvalue weighted by atomic mass is 16.1. The molecule has 0 spiro atoms. The standard InChI is InChI=1S/C19H20N4O/c20-11-12-8-9-14-13(10-12)4-3-7-16(14)21-19-22-17-6-2-1-5-15(17)18(24)23-19/h1-2,5-6,8-10,16H,3-4,7,11,20H2,(H2,21,22,23,24). The van der Waals surface area contributed by atoms with Crippen LogP contribution in [0, 0.1) is 0 Å². The molecule has 4 N–H and O–H groups in total. The molecule has 2 aromatic carbocycles. The van der Waals surface area contributed by atoms with Gasteiger partial charge in [0.05, 0.1) is 16.9 Å². The van der Waals surface area contributed by atoms with Gasteiger partial charge in [0.25, 0.3) is 5.56 Å². The fraction of sp³-hybridized carbons (Fsp3) is 0.263. The number of hydrogen-bond acceptors (Lipinski definition) is 4. The fourth-order valence-electron chi connectivity index (χ4n) is 3.46. The van der Waals surface area contributed by atoms with Gasteiger partial charge in [-0.3, -0.25) is 9.78 Å². The molecule has 5 nitrogen and oxygen atoms in total. The van der Waals surface area contributed by atoms with Crippen molar-refractivity contribution in [3.05, 3.63) is 69.5 Å². The summed E-state index contributed by atoms with van der Waals surface area (Å²) in [5, 5.41) is 4.02. The normalized spacial score (nSPS) is 16.8. The van der Waals surface area contributed by atoms with Crippen LogP contribution in [0.4, 0.5) is 5.95 Å². The second-order valence-electron chi connectivity index (χ2n) is 6.26. The highest BCUT2D eigenvalue weighted by Crippen LogP contribution is 2.32. The number of H-pyrrole nitrogens is 1. The zero-order chi connectivity index (χ0) is 16.5. The number of aromatic amines is 1. The number of aromatic nitrogens is 2. The van der Waals surface area contributed by atoms with Gasteiger partial charge in [-0.1, -0.05) is 30.3 Å². The van der Waals surface area contributed by atoms with Gasteiger partial charge in [-0.15, -0.1) is 0 Å². The first-order chi connectivity index (χ1) is 11.7. The van der Waals surface area contributed by atoms with Gasteiger partial charge in [0.15, 0.2) is 0 Å². The van der Waals surface area contributed by atoms with Crippen LogP contribution in [0.2, 0.25) is 0 Å². The fourth-order valence-corrected chi connectivity index (χ4v) is 3.46. The van der Waals surface area contributed by atoms with E-state index >= 15 is 0 Å². The van der Waals surface area contributed by atoms with Gasteiger partial charge in [-0.2, -0.15) is 0 Å². The van der Waals surface area contributed by atoms with Crippen molar-refractivity contribution >= 4 is 16.9 Å². The van der Waals surface area contributed by atoms with Crippen LogP contribution in [0.3, 0.4) is 0 Å². The van der Waals surface area contributed by atoms with E-state index in [0.29, 0.717) is 23.4 Å². The maximum absolute atomic E-state index is 12.2. The summed E-state index contributed by atoms with van der Waals surface area (Å²) >= 11 is 0. The molecule has 1 aliphatic rings. The van der Waals surface area contributed by atoms with Crippen molar-refractivity contribution in [1.82, 2.24) is 9.97 Å². The third kappa shape index (κ3) is 2.67. The predicted molar refractivity (Wildman–Crippen MR) is 96.0 cm³/mol. The van der Waals surface area contributed by atoms with Crippen LogP contribution in [0.5, 0.6) is 0 Å². The van der Waals surface area contributed by atoms with E-state index in [2.05, 4.69) is 33.5 Å². The maximum Gasteiger partial charge on any atom is 0.260 e. The van der Waals surface area contributed by atoms with E-state index in [1.165, 1.54) is 11.1 Å². The second kappa shape index (κ2) is 6.09. The van der Waals surface area contributed by atoms with Crippen LogP contribution in [-0.2, 0) is 13.0 Å². The molecule has 1 unspecified atom stereocenters. The maximum atomic E-state index is 12.2. The van der Waals surface area contributed by atoms with Crippen LogP contribution < -0.4 is 16.6 Å². The Morgan fingerprint density at radius 1 is 1.25 bits per heavy atom. The van der Waals surface area contributed by atoms with Gasteiger partial charge < -0.3 is 11.1 Å². The smallest absolute Gasteiger partial charge is 0.260 e. The number of rotatable bonds is 3. The average molecular weight is 320 g/mol. The van der Waals surface area contributed by atoms with E-state index in [9.17, 15) is 4.79 Å². The van der Waals surface area contributed by atoms with E-state index < -0.39 is 0 Å².